The van der Waals surface area contributed by atoms with Gasteiger partial charge in [-0.1, -0.05) is 42.5 Å². The Morgan fingerprint density at radius 2 is 1.68 bits per heavy atom. The SMILES string of the molecule is N#Cc1c(C(F)(F)F)cc(-c2ccccc2)[nH]c1=O.N=Cc1ccccc1O. The number of aromatic nitrogens is 1. The molecule has 142 valence electrons. The molecule has 8 heteroatoms. The maximum atomic E-state index is 12.8. The molecule has 0 fully saturated rings. The zero-order valence-corrected chi connectivity index (χ0v) is 14.3. The Labute approximate surface area is 157 Å². The normalized spacial score (nSPS) is 10.4. The maximum Gasteiger partial charge on any atom is 0.417 e. The second-order valence-electron chi connectivity index (χ2n) is 5.48. The number of benzene rings is 2. The average molecular weight is 385 g/mol. The van der Waals surface area contributed by atoms with Crippen LogP contribution in [0.2, 0.25) is 0 Å². The van der Waals surface area contributed by atoms with Gasteiger partial charge in [-0.3, -0.25) is 4.79 Å². The summed E-state index contributed by atoms with van der Waals surface area (Å²) in [6.45, 7) is 0. The number of rotatable bonds is 2. The molecule has 3 rings (SSSR count). The number of phenolic OH excluding ortho intramolecular Hbond substituents is 1. The summed E-state index contributed by atoms with van der Waals surface area (Å²) < 4.78 is 38.4. The van der Waals surface area contributed by atoms with E-state index in [0.717, 1.165) is 12.3 Å². The molecule has 0 unspecified atom stereocenters. The molecule has 0 bridgehead atoms. The Morgan fingerprint density at radius 1 is 1.07 bits per heavy atom. The number of pyridine rings is 1. The van der Waals surface area contributed by atoms with Gasteiger partial charge in [0.1, 0.15) is 17.4 Å². The van der Waals surface area contributed by atoms with Gasteiger partial charge < -0.3 is 15.5 Å². The highest BCUT2D eigenvalue weighted by molar-refractivity contribution is 5.80. The van der Waals surface area contributed by atoms with E-state index in [1.807, 2.05) is 0 Å². The van der Waals surface area contributed by atoms with Crippen LogP contribution in [0.5, 0.6) is 5.75 Å². The van der Waals surface area contributed by atoms with Crippen molar-refractivity contribution in [3.8, 4) is 23.1 Å². The highest BCUT2D eigenvalue weighted by atomic mass is 19.4. The molecule has 1 heterocycles. The Kier molecular flexibility index (Phi) is 6.34. The molecule has 0 aliphatic heterocycles. The van der Waals surface area contributed by atoms with Crippen LogP contribution < -0.4 is 5.56 Å². The van der Waals surface area contributed by atoms with E-state index < -0.39 is 22.9 Å². The number of hydrogen-bond acceptors (Lipinski definition) is 4. The molecular weight excluding hydrogens is 371 g/mol. The van der Waals surface area contributed by atoms with Gasteiger partial charge in [-0.2, -0.15) is 18.4 Å². The number of halogens is 3. The first-order valence-corrected chi connectivity index (χ1v) is 7.86. The van der Waals surface area contributed by atoms with E-state index in [0.29, 0.717) is 11.1 Å². The second kappa shape index (κ2) is 8.68. The number of aromatic hydroxyl groups is 1. The Hall–Kier alpha value is -3.86. The van der Waals surface area contributed by atoms with Crippen LogP contribution in [0.25, 0.3) is 11.3 Å². The minimum absolute atomic E-state index is 0.0249. The lowest BCUT2D eigenvalue weighted by Gasteiger charge is -2.10. The number of nitrogens with one attached hydrogen (secondary N) is 2. The smallest absolute Gasteiger partial charge is 0.417 e. The molecule has 0 spiro atoms. The fourth-order valence-corrected chi connectivity index (χ4v) is 2.28. The summed E-state index contributed by atoms with van der Waals surface area (Å²) in [5.74, 6) is 0.160. The number of alkyl halides is 3. The molecule has 5 nitrogen and oxygen atoms in total. The number of nitrogens with zero attached hydrogens (tertiary/aromatic N) is 1. The number of hydrogen-bond donors (Lipinski definition) is 3. The van der Waals surface area contributed by atoms with E-state index in [-0.39, 0.29) is 11.4 Å². The number of phenols is 1. The molecule has 0 aliphatic carbocycles. The van der Waals surface area contributed by atoms with Crippen LogP contribution in [0.4, 0.5) is 13.2 Å². The van der Waals surface area contributed by atoms with E-state index in [4.69, 9.17) is 15.8 Å². The van der Waals surface area contributed by atoms with Gasteiger partial charge in [0, 0.05) is 17.5 Å². The monoisotopic (exact) mass is 385 g/mol. The molecule has 0 aliphatic rings. The fraction of sp³-hybridized carbons (Fsp3) is 0.0500. The molecular formula is C20H14F3N3O2. The number of aromatic amines is 1. The summed E-state index contributed by atoms with van der Waals surface area (Å²) in [4.78, 5) is 13.8. The summed E-state index contributed by atoms with van der Waals surface area (Å²) in [5, 5.41) is 24.4. The van der Waals surface area contributed by atoms with Gasteiger partial charge in [0.25, 0.3) is 5.56 Å². The zero-order chi connectivity index (χ0) is 20.7. The Bertz CT molecular complexity index is 1070. The molecule has 0 amide bonds. The van der Waals surface area contributed by atoms with Gasteiger partial charge in [-0.05, 0) is 23.8 Å². The van der Waals surface area contributed by atoms with Gasteiger partial charge in [-0.25, -0.2) is 0 Å². The number of nitriles is 1. The van der Waals surface area contributed by atoms with Crippen molar-refractivity contribution in [2.75, 3.05) is 0 Å². The lowest BCUT2D eigenvalue weighted by molar-refractivity contribution is -0.137. The van der Waals surface area contributed by atoms with Crippen LogP contribution in [0, 0.1) is 16.7 Å². The van der Waals surface area contributed by atoms with Crippen LogP contribution in [-0.4, -0.2) is 16.3 Å². The van der Waals surface area contributed by atoms with Gasteiger partial charge in [0.05, 0.1) is 5.56 Å². The third kappa shape index (κ3) is 4.86. The zero-order valence-electron chi connectivity index (χ0n) is 14.3. The standard InChI is InChI=1S/C13H7F3N2O.C7H7NO/c14-13(15,16)10-6-11(8-4-2-1-3-5-8)18-12(19)9(10)7-17;8-5-6-3-1-2-4-7(6)9/h1-6H,(H,18,19);1-5,8-9H. The average Bonchev–Trinajstić information content (AvgIpc) is 2.68. The van der Waals surface area contributed by atoms with E-state index in [2.05, 4.69) is 4.98 Å². The van der Waals surface area contributed by atoms with Crippen molar-refractivity contribution in [1.29, 1.82) is 10.7 Å². The molecule has 28 heavy (non-hydrogen) atoms. The van der Waals surface area contributed by atoms with Crippen LogP contribution >= 0.6 is 0 Å². The molecule has 1 aromatic heterocycles. The summed E-state index contributed by atoms with van der Waals surface area (Å²) >= 11 is 0. The maximum absolute atomic E-state index is 12.8. The quantitative estimate of drug-likeness (QED) is 0.573. The minimum Gasteiger partial charge on any atom is -0.507 e. The molecule has 0 saturated carbocycles. The van der Waals surface area contributed by atoms with E-state index >= 15 is 0 Å². The van der Waals surface area contributed by atoms with E-state index in [1.54, 1.807) is 54.6 Å². The van der Waals surface area contributed by atoms with Gasteiger partial charge in [0.2, 0.25) is 0 Å². The largest absolute Gasteiger partial charge is 0.507 e. The number of H-pyrrole nitrogens is 1. The van der Waals surface area contributed by atoms with E-state index in [1.165, 1.54) is 6.07 Å². The fourth-order valence-electron chi connectivity index (χ4n) is 2.28. The lowest BCUT2D eigenvalue weighted by atomic mass is 10.1. The topological polar surface area (TPSA) is 101 Å². The van der Waals surface area contributed by atoms with Crippen molar-refractivity contribution in [3.05, 3.63) is 87.7 Å². The van der Waals surface area contributed by atoms with Crippen LogP contribution in [0.15, 0.2) is 65.5 Å². The minimum atomic E-state index is -4.75. The third-order valence-corrected chi connectivity index (χ3v) is 3.63. The Morgan fingerprint density at radius 3 is 2.18 bits per heavy atom. The van der Waals surface area contributed by atoms with Gasteiger partial charge in [-0.15, -0.1) is 0 Å². The first-order chi connectivity index (χ1) is 13.3. The predicted molar refractivity (Wildman–Crippen MR) is 98.2 cm³/mol. The van der Waals surface area contributed by atoms with Crippen LogP contribution in [-0.2, 0) is 6.18 Å². The van der Waals surface area contributed by atoms with Crippen molar-refractivity contribution in [1.82, 2.24) is 4.98 Å². The lowest BCUT2D eigenvalue weighted by Crippen LogP contribution is -2.19. The van der Waals surface area contributed by atoms with Crippen molar-refractivity contribution < 1.29 is 18.3 Å². The van der Waals surface area contributed by atoms with Crippen molar-refractivity contribution in [2.45, 2.75) is 6.18 Å². The second-order valence-corrected chi connectivity index (χ2v) is 5.48. The highest BCUT2D eigenvalue weighted by Gasteiger charge is 2.35. The van der Waals surface area contributed by atoms with Gasteiger partial charge >= 0.3 is 6.18 Å². The summed E-state index contributed by atoms with van der Waals surface area (Å²) in [6.07, 6.45) is -3.63. The first-order valence-electron chi connectivity index (χ1n) is 7.86. The molecule has 2 aromatic carbocycles. The summed E-state index contributed by atoms with van der Waals surface area (Å²) in [6, 6.07) is 16.9. The third-order valence-electron chi connectivity index (χ3n) is 3.63. The van der Waals surface area contributed by atoms with Crippen molar-refractivity contribution in [2.24, 2.45) is 0 Å². The molecule has 0 saturated heterocycles. The van der Waals surface area contributed by atoms with E-state index in [9.17, 15) is 18.0 Å². The first kappa shape index (κ1) is 20.5. The van der Waals surface area contributed by atoms with Gasteiger partial charge in [0.15, 0.2) is 0 Å². The van der Waals surface area contributed by atoms with Crippen molar-refractivity contribution in [3.63, 3.8) is 0 Å². The molecule has 3 aromatic rings. The predicted octanol–water partition coefficient (Wildman–Crippen LogP) is 4.32. The van der Waals surface area contributed by atoms with Crippen LogP contribution in [0.3, 0.4) is 0 Å². The molecule has 0 radical (unpaired) electrons. The van der Waals surface area contributed by atoms with Crippen LogP contribution in [0.1, 0.15) is 16.7 Å². The number of para-hydroxylation sites is 1. The molecule has 3 N–H and O–H groups in total. The Balaban J connectivity index is 0.000000261. The molecule has 0 atom stereocenters. The highest BCUT2D eigenvalue weighted by Crippen LogP contribution is 2.32. The summed E-state index contributed by atoms with van der Waals surface area (Å²) in [7, 11) is 0. The van der Waals surface area contributed by atoms with Crippen molar-refractivity contribution >= 4 is 6.21 Å². The summed E-state index contributed by atoms with van der Waals surface area (Å²) in [5.41, 5.74) is -2.18.